The highest BCUT2D eigenvalue weighted by molar-refractivity contribution is 6.58. The molecule has 2 aliphatic heterocycles. The Labute approximate surface area is 187 Å². The maximum Gasteiger partial charge on any atom is 0.737 e. The molecule has 164 valence electrons. The van der Waals surface area contributed by atoms with Gasteiger partial charge < -0.3 is 22.3 Å². The van der Waals surface area contributed by atoms with Gasteiger partial charge in [-0.3, -0.25) is 0 Å². The monoisotopic (exact) mass is 444 g/mol. The third kappa shape index (κ3) is 2.73. The fourth-order valence-electron chi connectivity index (χ4n) is 5.59. The van der Waals surface area contributed by atoms with Crippen LogP contribution in [-0.2, 0) is 6.42 Å². The van der Waals surface area contributed by atoms with Gasteiger partial charge >= 0.3 is 6.97 Å². The van der Waals surface area contributed by atoms with Crippen molar-refractivity contribution in [1.29, 1.82) is 0 Å². The van der Waals surface area contributed by atoms with Gasteiger partial charge in [0.15, 0.2) is 5.70 Å². The van der Waals surface area contributed by atoms with E-state index in [9.17, 15) is 0 Å². The molecular formula is C24H28BClF2N2O. The molecule has 31 heavy (non-hydrogen) atoms. The van der Waals surface area contributed by atoms with Gasteiger partial charge in [-0.1, -0.05) is 37.6 Å². The Kier molecular flexibility index (Phi) is 5.20. The van der Waals surface area contributed by atoms with Gasteiger partial charge in [-0.15, -0.1) is 0 Å². The summed E-state index contributed by atoms with van der Waals surface area (Å²) >= 11 is 6.77. The van der Waals surface area contributed by atoms with Gasteiger partial charge in [0.05, 0.1) is 17.7 Å². The second kappa shape index (κ2) is 7.37. The quantitative estimate of drug-likeness (QED) is 0.489. The summed E-state index contributed by atoms with van der Waals surface area (Å²) < 4.78 is 40.4. The summed E-state index contributed by atoms with van der Waals surface area (Å²) in [7, 11) is 1.56. The lowest BCUT2D eigenvalue weighted by atomic mass is 9.83. The predicted octanol–water partition coefficient (Wildman–Crippen LogP) is 6.54. The van der Waals surface area contributed by atoms with Crippen LogP contribution in [0, 0.1) is 13.8 Å². The van der Waals surface area contributed by atoms with Crippen LogP contribution < -0.4 is 4.74 Å². The van der Waals surface area contributed by atoms with Crippen LogP contribution in [0.25, 0.3) is 5.57 Å². The van der Waals surface area contributed by atoms with Crippen molar-refractivity contribution < 1.29 is 17.9 Å². The average Bonchev–Trinajstić information content (AvgIpc) is 3.14. The number of halogens is 3. The normalized spacial score (nSPS) is 17.5. The highest BCUT2D eigenvalue weighted by Crippen LogP contribution is 2.49. The molecule has 0 aliphatic carbocycles. The molecule has 0 spiro atoms. The van der Waals surface area contributed by atoms with Crippen molar-refractivity contribution in [2.75, 3.05) is 7.11 Å². The minimum absolute atomic E-state index is 0.434. The number of benzene rings is 1. The van der Waals surface area contributed by atoms with Gasteiger partial charge in [0, 0.05) is 29.3 Å². The maximum absolute atomic E-state index is 16.2. The first-order valence-electron chi connectivity index (χ1n) is 10.8. The summed E-state index contributed by atoms with van der Waals surface area (Å²) in [4.78, 5) is 0. The standard InChI is InChI=1S/C24H28BClF2N2O/c1-8-17-13(3)23-21(19-11-10-12-20(31-7)22(19)26)24-14(4)18(9-2)16(6)30(24)25(27,28)29(23)15(17)5/h10-12H,8-9H2,1-7H3. The van der Waals surface area contributed by atoms with E-state index >= 15 is 8.63 Å². The molecule has 1 aromatic carbocycles. The number of ether oxygens (including phenoxy) is 1. The zero-order valence-electron chi connectivity index (χ0n) is 19.2. The number of hydrogen-bond donors (Lipinski definition) is 0. The summed E-state index contributed by atoms with van der Waals surface area (Å²) in [5.74, 6) is 0.529. The number of fused-ring (bicyclic) bond motifs is 2. The third-order valence-electron chi connectivity index (χ3n) is 6.95. The van der Waals surface area contributed by atoms with E-state index in [1.165, 1.54) is 8.96 Å². The van der Waals surface area contributed by atoms with Gasteiger partial charge in [0.25, 0.3) is 0 Å². The second-order valence-corrected chi connectivity index (χ2v) is 8.69. The van der Waals surface area contributed by atoms with Crippen molar-refractivity contribution in [3.63, 3.8) is 0 Å². The average molecular weight is 445 g/mol. The Morgan fingerprint density at radius 3 is 2.35 bits per heavy atom. The fourth-order valence-corrected chi connectivity index (χ4v) is 5.89. The zero-order chi connectivity index (χ0) is 22.8. The van der Waals surface area contributed by atoms with E-state index in [0.29, 0.717) is 52.0 Å². The van der Waals surface area contributed by atoms with Crippen LogP contribution in [0.3, 0.4) is 0 Å². The maximum atomic E-state index is 16.2. The van der Waals surface area contributed by atoms with Crippen molar-refractivity contribution in [1.82, 2.24) is 4.48 Å². The predicted molar refractivity (Wildman–Crippen MR) is 125 cm³/mol. The Morgan fingerprint density at radius 2 is 1.77 bits per heavy atom. The molecule has 2 aromatic rings. The molecule has 0 fully saturated rings. The number of hydrogen-bond acceptors (Lipinski definition) is 1. The van der Waals surface area contributed by atoms with Gasteiger partial charge in [-0.2, -0.15) is 0 Å². The molecular weight excluding hydrogens is 417 g/mol. The van der Waals surface area contributed by atoms with Crippen molar-refractivity contribution in [3.05, 3.63) is 68.1 Å². The SMILES string of the molecule is CCC1=C(C)C2=C(c3cccc(OC)c3Cl)c3c(C)c(CC)c(C)n3[B-](F)(F)[N+]2=C1C. The molecule has 7 heteroatoms. The minimum Gasteiger partial charge on any atom is -0.495 e. The molecule has 0 amide bonds. The summed E-state index contributed by atoms with van der Waals surface area (Å²) in [6.07, 6.45) is 1.38. The topological polar surface area (TPSA) is 17.2 Å². The summed E-state index contributed by atoms with van der Waals surface area (Å²) in [5.41, 5.74) is 7.51. The van der Waals surface area contributed by atoms with Crippen molar-refractivity contribution >= 4 is 29.9 Å². The molecule has 0 saturated heterocycles. The van der Waals surface area contributed by atoms with E-state index in [2.05, 4.69) is 0 Å². The number of allylic oxidation sites excluding steroid dienone is 2. The Morgan fingerprint density at radius 1 is 1.10 bits per heavy atom. The van der Waals surface area contributed by atoms with E-state index < -0.39 is 6.97 Å². The zero-order valence-corrected chi connectivity index (χ0v) is 19.9. The van der Waals surface area contributed by atoms with Gasteiger partial charge in [0.1, 0.15) is 11.5 Å². The van der Waals surface area contributed by atoms with Gasteiger partial charge in [0.2, 0.25) is 0 Å². The summed E-state index contributed by atoms with van der Waals surface area (Å²) in [6.45, 7) is 7.46. The molecule has 2 aliphatic rings. The van der Waals surface area contributed by atoms with Crippen LogP contribution >= 0.6 is 11.6 Å². The Bertz CT molecular complexity index is 1220. The van der Waals surface area contributed by atoms with E-state index in [1.54, 1.807) is 27.0 Å². The Balaban J connectivity index is 2.25. The smallest absolute Gasteiger partial charge is 0.495 e. The van der Waals surface area contributed by atoms with E-state index in [4.69, 9.17) is 16.3 Å². The molecule has 0 atom stereocenters. The lowest BCUT2D eigenvalue weighted by Crippen LogP contribution is -2.51. The highest BCUT2D eigenvalue weighted by atomic mass is 35.5. The van der Waals surface area contributed by atoms with Crippen LogP contribution in [0.4, 0.5) is 8.63 Å². The fraction of sp³-hybridized carbons (Fsp3) is 0.375. The largest absolute Gasteiger partial charge is 0.737 e. The van der Waals surface area contributed by atoms with Gasteiger partial charge in [-0.25, -0.2) is 0 Å². The molecule has 0 bridgehead atoms. The van der Waals surface area contributed by atoms with Crippen molar-refractivity contribution in [2.45, 2.75) is 54.4 Å². The second-order valence-electron chi connectivity index (χ2n) is 8.31. The molecule has 3 nitrogen and oxygen atoms in total. The number of rotatable bonds is 4. The van der Waals surface area contributed by atoms with E-state index in [0.717, 1.165) is 27.8 Å². The molecule has 4 rings (SSSR count). The lowest BCUT2D eigenvalue weighted by Gasteiger charge is -2.34. The number of nitrogens with zero attached hydrogens (tertiary/aromatic N) is 2. The summed E-state index contributed by atoms with van der Waals surface area (Å²) in [5, 5.41) is 0.434. The molecule has 0 N–H and O–H groups in total. The number of aromatic nitrogens is 1. The third-order valence-corrected chi connectivity index (χ3v) is 7.34. The van der Waals surface area contributed by atoms with Crippen LogP contribution in [0.15, 0.2) is 35.0 Å². The molecule has 0 radical (unpaired) electrons. The Hall–Kier alpha value is -2.34. The first-order valence-corrected chi connectivity index (χ1v) is 11.1. The van der Waals surface area contributed by atoms with Crippen LogP contribution in [0.1, 0.15) is 62.2 Å². The molecule has 0 saturated carbocycles. The lowest BCUT2D eigenvalue weighted by molar-refractivity contribution is -0.363. The van der Waals surface area contributed by atoms with Crippen LogP contribution in [-0.4, -0.2) is 28.8 Å². The van der Waals surface area contributed by atoms with Gasteiger partial charge in [-0.05, 0) is 56.5 Å². The van der Waals surface area contributed by atoms with Crippen LogP contribution in [0.5, 0.6) is 5.75 Å². The number of methoxy groups -OCH3 is 1. The summed E-state index contributed by atoms with van der Waals surface area (Å²) in [6, 6.07) is 5.54. The van der Waals surface area contributed by atoms with E-state index in [-0.39, 0.29) is 0 Å². The van der Waals surface area contributed by atoms with Crippen molar-refractivity contribution in [2.24, 2.45) is 0 Å². The first-order chi connectivity index (χ1) is 14.6. The first kappa shape index (κ1) is 21.9. The highest BCUT2D eigenvalue weighted by Gasteiger charge is 2.56. The van der Waals surface area contributed by atoms with Crippen molar-refractivity contribution in [3.8, 4) is 5.75 Å². The molecule has 1 aromatic heterocycles. The van der Waals surface area contributed by atoms with Crippen LogP contribution in [0.2, 0.25) is 5.02 Å². The van der Waals surface area contributed by atoms with E-state index in [1.807, 2.05) is 39.8 Å². The molecule has 0 unspecified atom stereocenters. The molecule has 3 heterocycles. The minimum atomic E-state index is -4.04.